The molecule has 0 unspecified atom stereocenters. The molecule has 1 aromatic heterocycles. The van der Waals surface area contributed by atoms with Crippen molar-refractivity contribution in [2.75, 3.05) is 38.2 Å². The molecule has 1 aliphatic rings. The number of rotatable bonds is 4. The number of ether oxygens (including phenoxy) is 1. The average Bonchev–Trinajstić information content (AvgIpc) is 2.65. The third kappa shape index (κ3) is 3.90. The maximum absolute atomic E-state index is 12.2. The summed E-state index contributed by atoms with van der Waals surface area (Å²) in [6, 6.07) is 10.3. The molecular weight excluding hydrogens is 318 g/mol. The number of hydrogen-bond acceptors (Lipinski definition) is 5. The first-order valence-corrected chi connectivity index (χ1v) is 8.54. The highest BCUT2D eigenvalue weighted by molar-refractivity contribution is 5.82. The van der Waals surface area contributed by atoms with Crippen LogP contribution in [0.1, 0.15) is 18.4 Å². The number of pyridine rings is 1. The van der Waals surface area contributed by atoms with Gasteiger partial charge in [-0.05, 0) is 24.6 Å². The van der Waals surface area contributed by atoms with E-state index in [9.17, 15) is 9.59 Å². The molecule has 25 heavy (non-hydrogen) atoms. The first kappa shape index (κ1) is 17.2. The normalized spacial score (nSPS) is 14.6. The van der Waals surface area contributed by atoms with Gasteiger partial charge in [0.2, 0.25) is 5.91 Å². The number of esters is 1. The highest BCUT2D eigenvalue weighted by atomic mass is 16.5. The number of hydrogen-bond donors (Lipinski definition) is 0. The van der Waals surface area contributed by atoms with Gasteiger partial charge in [0.15, 0.2) is 0 Å². The van der Waals surface area contributed by atoms with Gasteiger partial charge in [-0.15, -0.1) is 0 Å². The summed E-state index contributed by atoms with van der Waals surface area (Å²) in [5.41, 5.74) is 2.13. The second kappa shape index (κ2) is 7.51. The van der Waals surface area contributed by atoms with E-state index in [1.807, 2.05) is 23.1 Å². The molecule has 6 nitrogen and oxygen atoms in total. The van der Waals surface area contributed by atoms with Gasteiger partial charge >= 0.3 is 5.97 Å². The fraction of sp³-hybridized carbons (Fsp3) is 0.421. The summed E-state index contributed by atoms with van der Waals surface area (Å²) in [6.45, 7) is 4.86. The molecular formula is C19H23N3O3. The van der Waals surface area contributed by atoms with Gasteiger partial charge in [0.05, 0.1) is 19.0 Å². The summed E-state index contributed by atoms with van der Waals surface area (Å²) >= 11 is 0. The Kier molecular flexibility index (Phi) is 5.16. The van der Waals surface area contributed by atoms with Crippen molar-refractivity contribution in [1.82, 2.24) is 9.88 Å². The van der Waals surface area contributed by atoms with Crippen LogP contribution in [-0.2, 0) is 14.3 Å². The summed E-state index contributed by atoms with van der Waals surface area (Å²) < 4.78 is 4.58. The van der Waals surface area contributed by atoms with Crippen molar-refractivity contribution >= 4 is 28.6 Å². The number of piperazine rings is 1. The molecule has 0 spiro atoms. The summed E-state index contributed by atoms with van der Waals surface area (Å²) in [5.74, 6) is 0.650. The molecule has 2 heterocycles. The Hall–Kier alpha value is -2.63. The van der Waals surface area contributed by atoms with Crippen LogP contribution in [0.3, 0.4) is 0 Å². The molecule has 0 bridgehead atoms. The Morgan fingerprint density at radius 1 is 1.12 bits per heavy atom. The molecule has 0 radical (unpaired) electrons. The first-order chi connectivity index (χ1) is 12.1. The van der Waals surface area contributed by atoms with Gasteiger partial charge in [-0.2, -0.15) is 0 Å². The van der Waals surface area contributed by atoms with Crippen LogP contribution in [0.2, 0.25) is 0 Å². The molecule has 2 aromatic rings. The maximum atomic E-state index is 12.2. The van der Waals surface area contributed by atoms with E-state index in [-0.39, 0.29) is 24.7 Å². The average molecular weight is 341 g/mol. The number of carbonyl (C=O) groups is 2. The maximum Gasteiger partial charge on any atom is 0.306 e. The van der Waals surface area contributed by atoms with E-state index in [2.05, 4.69) is 28.7 Å². The van der Waals surface area contributed by atoms with Crippen molar-refractivity contribution in [1.29, 1.82) is 0 Å². The molecule has 3 rings (SSSR count). The number of fused-ring (bicyclic) bond motifs is 1. The van der Waals surface area contributed by atoms with Crippen LogP contribution in [0, 0.1) is 6.92 Å². The van der Waals surface area contributed by atoms with Crippen LogP contribution in [0.25, 0.3) is 10.9 Å². The molecule has 1 aliphatic heterocycles. The van der Waals surface area contributed by atoms with Crippen LogP contribution in [0.15, 0.2) is 30.3 Å². The fourth-order valence-corrected chi connectivity index (χ4v) is 3.17. The van der Waals surface area contributed by atoms with Crippen molar-refractivity contribution in [3.8, 4) is 0 Å². The lowest BCUT2D eigenvalue weighted by molar-refractivity contribution is -0.143. The van der Waals surface area contributed by atoms with E-state index in [0.717, 1.165) is 35.4 Å². The smallest absolute Gasteiger partial charge is 0.306 e. The van der Waals surface area contributed by atoms with E-state index < -0.39 is 0 Å². The molecule has 1 amide bonds. The lowest BCUT2D eigenvalue weighted by Crippen LogP contribution is -2.49. The zero-order valence-electron chi connectivity index (χ0n) is 14.7. The number of benzene rings is 1. The zero-order chi connectivity index (χ0) is 17.8. The van der Waals surface area contributed by atoms with E-state index >= 15 is 0 Å². The minimum Gasteiger partial charge on any atom is -0.469 e. The number of methoxy groups -OCH3 is 1. The van der Waals surface area contributed by atoms with Gasteiger partial charge in [-0.25, -0.2) is 4.98 Å². The van der Waals surface area contributed by atoms with Crippen molar-refractivity contribution < 1.29 is 14.3 Å². The summed E-state index contributed by atoms with van der Waals surface area (Å²) in [6.07, 6.45) is 0.348. The number of amides is 1. The number of anilines is 1. The Bertz CT molecular complexity index is 783. The standard InChI is InChI=1S/C19H23N3O3/c1-14-13-15-5-3-4-6-16(15)20-19(14)22-11-9-21(10-12-22)17(23)7-8-18(24)25-2/h3-6,13H,7-12H2,1-2H3. The monoisotopic (exact) mass is 341 g/mol. The molecule has 0 saturated carbocycles. The molecule has 0 N–H and O–H groups in total. The third-order valence-corrected chi connectivity index (χ3v) is 4.59. The van der Waals surface area contributed by atoms with Crippen LogP contribution >= 0.6 is 0 Å². The molecule has 0 aliphatic carbocycles. The summed E-state index contributed by atoms with van der Waals surface area (Å²) in [7, 11) is 1.34. The van der Waals surface area contributed by atoms with E-state index in [0.29, 0.717) is 13.1 Å². The second-order valence-corrected chi connectivity index (χ2v) is 6.27. The molecule has 1 fully saturated rings. The zero-order valence-corrected chi connectivity index (χ0v) is 14.7. The lowest BCUT2D eigenvalue weighted by atomic mass is 10.1. The number of aromatic nitrogens is 1. The minimum absolute atomic E-state index is 0.00763. The number of nitrogens with zero attached hydrogens (tertiary/aromatic N) is 3. The summed E-state index contributed by atoms with van der Waals surface area (Å²) in [5, 5.41) is 1.14. The largest absolute Gasteiger partial charge is 0.469 e. The van der Waals surface area contributed by atoms with Crippen LogP contribution in [0.4, 0.5) is 5.82 Å². The van der Waals surface area contributed by atoms with Crippen molar-refractivity contribution in [3.63, 3.8) is 0 Å². The number of carbonyl (C=O) groups excluding carboxylic acids is 2. The second-order valence-electron chi connectivity index (χ2n) is 6.27. The Labute approximate surface area is 147 Å². The molecule has 132 valence electrons. The fourth-order valence-electron chi connectivity index (χ4n) is 3.17. The van der Waals surface area contributed by atoms with Gasteiger partial charge in [0, 0.05) is 38.0 Å². The highest BCUT2D eigenvalue weighted by Gasteiger charge is 2.23. The van der Waals surface area contributed by atoms with Gasteiger partial charge in [-0.3, -0.25) is 9.59 Å². The third-order valence-electron chi connectivity index (χ3n) is 4.59. The Morgan fingerprint density at radius 3 is 2.56 bits per heavy atom. The number of para-hydroxylation sites is 1. The van der Waals surface area contributed by atoms with Crippen LogP contribution in [-0.4, -0.2) is 55.0 Å². The topological polar surface area (TPSA) is 62.7 Å². The van der Waals surface area contributed by atoms with Crippen molar-refractivity contribution in [2.24, 2.45) is 0 Å². The van der Waals surface area contributed by atoms with E-state index in [1.165, 1.54) is 7.11 Å². The quantitative estimate of drug-likeness (QED) is 0.798. The van der Waals surface area contributed by atoms with Gasteiger partial charge < -0.3 is 14.5 Å². The summed E-state index contributed by atoms with van der Waals surface area (Å²) in [4.78, 5) is 32.2. The van der Waals surface area contributed by atoms with Gasteiger partial charge in [0.1, 0.15) is 5.82 Å². The minimum atomic E-state index is -0.344. The highest BCUT2D eigenvalue weighted by Crippen LogP contribution is 2.24. The van der Waals surface area contributed by atoms with E-state index in [4.69, 9.17) is 4.98 Å². The van der Waals surface area contributed by atoms with Crippen molar-refractivity contribution in [3.05, 3.63) is 35.9 Å². The van der Waals surface area contributed by atoms with Gasteiger partial charge in [-0.1, -0.05) is 18.2 Å². The van der Waals surface area contributed by atoms with Crippen LogP contribution < -0.4 is 4.90 Å². The Balaban J connectivity index is 1.63. The number of aryl methyl sites for hydroxylation is 1. The molecule has 0 atom stereocenters. The van der Waals surface area contributed by atoms with Gasteiger partial charge in [0.25, 0.3) is 0 Å². The SMILES string of the molecule is COC(=O)CCC(=O)N1CCN(c2nc3ccccc3cc2C)CC1. The molecule has 1 saturated heterocycles. The van der Waals surface area contributed by atoms with Crippen LogP contribution in [0.5, 0.6) is 0 Å². The predicted octanol–water partition coefficient (Wildman–Crippen LogP) is 2.15. The Morgan fingerprint density at radius 2 is 1.84 bits per heavy atom. The lowest BCUT2D eigenvalue weighted by Gasteiger charge is -2.36. The predicted molar refractivity (Wildman–Crippen MR) is 96.5 cm³/mol. The first-order valence-electron chi connectivity index (χ1n) is 8.54. The molecule has 1 aromatic carbocycles. The molecule has 6 heteroatoms. The van der Waals surface area contributed by atoms with E-state index in [1.54, 1.807) is 0 Å². The van der Waals surface area contributed by atoms with Crippen molar-refractivity contribution in [2.45, 2.75) is 19.8 Å².